The lowest BCUT2D eigenvalue weighted by Crippen LogP contribution is -2.17. The highest BCUT2D eigenvalue weighted by atomic mass is 32.2. The van der Waals surface area contributed by atoms with Gasteiger partial charge in [0.05, 0.1) is 16.7 Å². The molecule has 1 aromatic rings. The molecule has 2 N–H and O–H groups in total. The predicted molar refractivity (Wildman–Crippen MR) is 76.1 cm³/mol. The summed E-state index contributed by atoms with van der Waals surface area (Å²) in [6.07, 6.45) is 2.71. The summed E-state index contributed by atoms with van der Waals surface area (Å²) in [5.41, 5.74) is -1.32. The van der Waals surface area contributed by atoms with Crippen molar-refractivity contribution in [3.8, 4) is 0 Å². The van der Waals surface area contributed by atoms with Crippen molar-refractivity contribution in [2.24, 2.45) is 0 Å². The number of anilines is 1. The zero-order valence-electron chi connectivity index (χ0n) is 11.1. The maximum atomic E-state index is 13.8. The van der Waals surface area contributed by atoms with Crippen molar-refractivity contribution in [2.45, 2.75) is 19.4 Å². The molecule has 6 nitrogen and oxygen atoms in total. The van der Waals surface area contributed by atoms with E-state index in [-0.39, 0.29) is 11.7 Å². The zero-order valence-corrected chi connectivity index (χ0v) is 11.9. The Balaban J connectivity index is 3.06. The fourth-order valence-corrected chi connectivity index (χ4v) is 2.22. The number of carboxylic acids is 1. The number of halogens is 1. The van der Waals surface area contributed by atoms with Crippen LogP contribution in [0.1, 0.15) is 23.7 Å². The van der Waals surface area contributed by atoms with Gasteiger partial charge < -0.3 is 10.4 Å². The summed E-state index contributed by atoms with van der Waals surface area (Å²) in [6.45, 7) is 1.83. The Labute approximate surface area is 119 Å². The number of hydrogen-bond acceptors (Lipinski definition) is 5. The third-order valence-corrected chi connectivity index (χ3v) is 3.31. The van der Waals surface area contributed by atoms with E-state index in [4.69, 9.17) is 5.11 Å². The summed E-state index contributed by atoms with van der Waals surface area (Å²) in [6, 6.07) is 1.53. The van der Waals surface area contributed by atoms with E-state index < -0.39 is 28.0 Å². The van der Waals surface area contributed by atoms with Crippen molar-refractivity contribution in [2.75, 3.05) is 17.3 Å². The second kappa shape index (κ2) is 7.09. The van der Waals surface area contributed by atoms with Crippen LogP contribution in [0.4, 0.5) is 15.8 Å². The summed E-state index contributed by atoms with van der Waals surface area (Å²) in [5.74, 6) is -1.43. The second-order valence-corrected chi connectivity index (χ2v) is 5.22. The van der Waals surface area contributed by atoms with Crippen LogP contribution in [-0.2, 0) is 0 Å². The molecular weight excluding hydrogens is 287 g/mol. The Morgan fingerprint density at radius 3 is 2.75 bits per heavy atom. The summed E-state index contributed by atoms with van der Waals surface area (Å²) >= 11 is 1.64. The molecule has 8 heteroatoms. The van der Waals surface area contributed by atoms with E-state index in [2.05, 4.69) is 5.32 Å². The van der Waals surface area contributed by atoms with Crippen molar-refractivity contribution < 1.29 is 19.2 Å². The molecule has 1 atom stereocenters. The van der Waals surface area contributed by atoms with Crippen molar-refractivity contribution in [1.82, 2.24) is 0 Å². The fourth-order valence-electron chi connectivity index (χ4n) is 1.63. The van der Waals surface area contributed by atoms with Crippen molar-refractivity contribution in [3.63, 3.8) is 0 Å². The quantitative estimate of drug-likeness (QED) is 0.594. The first kappa shape index (κ1) is 16.2. The number of nitrogens with one attached hydrogen (secondary N) is 1. The van der Waals surface area contributed by atoms with Gasteiger partial charge in [-0.2, -0.15) is 11.8 Å². The first-order valence-electron chi connectivity index (χ1n) is 5.83. The van der Waals surface area contributed by atoms with Crippen molar-refractivity contribution in [1.29, 1.82) is 0 Å². The molecule has 0 spiro atoms. The fraction of sp³-hybridized carbons (Fsp3) is 0.417. The van der Waals surface area contributed by atoms with Crippen molar-refractivity contribution in [3.05, 3.63) is 33.6 Å². The molecule has 0 aliphatic heterocycles. The van der Waals surface area contributed by atoms with Gasteiger partial charge in [0, 0.05) is 6.04 Å². The monoisotopic (exact) mass is 302 g/mol. The Morgan fingerprint density at radius 2 is 2.25 bits per heavy atom. The Kier molecular flexibility index (Phi) is 5.75. The highest BCUT2D eigenvalue weighted by Crippen LogP contribution is 2.27. The molecule has 0 aliphatic rings. The highest BCUT2D eigenvalue weighted by molar-refractivity contribution is 7.98. The molecule has 1 unspecified atom stereocenters. The molecule has 0 heterocycles. The van der Waals surface area contributed by atoms with Gasteiger partial charge in [0.1, 0.15) is 5.56 Å². The Bertz CT molecular complexity index is 524. The predicted octanol–water partition coefficient (Wildman–Crippen LogP) is 2.99. The average Bonchev–Trinajstić information content (AvgIpc) is 2.37. The third kappa shape index (κ3) is 4.09. The maximum absolute atomic E-state index is 13.8. The molecule has 110 valence electrons. The van der Waals surface area contributed by atoms with Crippen LogP contribution in [0, 0.1) is 15.9 Å². The lowest BCUT2D eigenvalue weighted by Gasteiger charge is -2.15. The molecule has 0 amide bonds. The number of benzene rings is 1. The van der Waals surface area contributed by atoms with Gasteiger partial charge in [-0.25, -0.2) is 9.18 Å². The minimum absolute atomic E-state index is 0.0402. The molecular formula is C12H15FN2O4S. The minimum atomic E-state index is -1.46. The zero-order chi connectivity index (χ0) is 15.3. The maximum Gasteiger partial charge on any atom is 0.342 e. The minimum Gasteiger partial charge on any atom is -0.477 e. The molecule has 0 radical (unpaired) electrons. The van der Waals surface area contributed by atoms with Crippen LogP contribution in [0.2, 0.25) is 0 Å². The Morgan fingerprint density at radius 1 is 1.60 bits per heavy atom. The number of nitrogens with zero attached hydrogens (tertiary/aromatic N) is 1. The van der Waals surface area contributed by atoms with Crippen LogP contribution in [0.3, 0.4) is 0 Å². The van der Waals surface area contributed by atoms with E-state index in [9.17, 15) is 19.3 Å². The molecule has 20 heavy (non-hydrogen) atoms. The lowest BCUT2D eigenvalue weighted by molar-refractivity contribution is -0.385. The van der Waals surface area contributed by atoms with Crippen LogP contribution >= 0.6 is 11.8 Å². The van der Waals surface area contributed by atoms with Crippen LogP contribution < -0.4 is 5.32 Å². The first-order chi connectivity index (χ1) is 9.36. The largest absolute Gasteiger partial charge is 0.477 e. The Hall–Kier alpha value is -1.83. The van der Waals surface area contributed by atoms with Crippen molar-refractivity contribution >= 4 is 29.1 Å². The average molecular weight is 302 g/mol. The number of nitro groups is 1. The third-order valence-electron chi connectivity index (χ3n) is 2.67. The number of aromatic carboxylic acids is 1. The normalized spacial score (nSPS) is 11.9. The van der Waals surface area contributed by atoms with Gasteiger partial charge >= 0.3 is 5.97 Å². The van der Waals surface area contributed by atoms with Gasteiger partial charge in [0.2, 0.25) is 0 Å². The molecule has 0 aliphatic carbocycles. The van der Waals surface area contributed by atoms with Gasteiger partial charge in [0.15, 0.2) is 5.82 Å². The summed E-state index contributed by atoms with van der Waals surface area (Å²) in [4.78, 5) is 20.8. The standard InChI is InChI=1S/C12H15FN2O4S/c1-7(3-4-20-2)14-10-5-8(12(16)17)11(15(18)19)6-9(10)13/h5-7,14H,3-4H2,1-2H3,(H,16,17). The molecule has 0 aromatic heterocycles. The number of rotatable bonds is 7. The van der Waals surface area contributed by atoms with E-state index in [1.165, 1.54) is 0 Å². The van der Waals surface area contributed by atoms with E-state index in [1.54, 1.807) is 11.8 Å². The van der Waals surface area contributed by atoms with E-state index in [1.807, 2.05) is 13.2 Å². The number of carboxylic acid groups (broad SMARTS) is 1. The summed E-state index contributed by atoms with van der Waals surface area (Å²) in [7, 11) is 0. The number of thioether (sulfide) groups is 1. The summed E-state index contributed by atoms with van der Waals surface area (Å²) in [5, 5.41) is 22.5. The van der Waals surface area contributed by atoms with Gasteiger partial charge in [-0.3, -0.25) is 10.1 Å². The molecule has 0 bridgehead atoms. The smallest absolute Gasteiger partial charge is 0.342 e. The van der Waals surface area contributed by atoms with Crippen LogP contribution in [0.15, 0.2) is 12.1 Å². The van der Waals surface area contributed by atoms with E-state index >= 15 is 0 Å². The van der Waals surface area contributed by atoms with Gasteiger partial charge in [-0.15, -0.1) is 0 Å². The number of nitro benzene ring substituents is 1. The van der Waals surface area contributed by atoms with Crippen LogP contribution in [0.5, 0.6) is 0 Å². The number of hydrogen-bond donors (Lipinski definition) is 2. The molecule has 1 rings (SSSR count). The van der Waals surface area contributed by atoms with Crippen LogP contribution in [0.25, 0.3) is 0 Å². The molecule has 0 fully saturated rings. The first-order valence-corrected chi connectivity index (χ1v) is 7.23. The molecule has 0 saturated heterocycles. The topological polar surface area (TPSA) is 92.5 Å². The van der Waals surface area contributed by atoms with Crippen LogP contribution in [-0.4, -0.2) is 34.0 Å². The van der Waals surface area contributed by atoms with Gasteiger partial charge in [-0.1, -0.05) is 0 Å². The van der Waals surface area contributed by atoms with E-state index in [0.29, 0.717) is 6.07 Å². The second-order valence-electron chi connectivity index (χ2n) is 4.24. The molecule has 0 saturated carbocycles. The van der Waals surface area contributed by atoms with E-state index in [0.717, 1.165) is 18.2 Å². The number of carbonyl (C=O) groups is 1. The lowest BCUT2D eigenvalue weighted by atomic mass is 10.1. The highest BCUT2D eigenvalue weighted by Gasteiger charge is 2.23. The SMILES string of the molecule is CSCCC(C)Nc1cc(C(=O)O)c([N+](=O)[O-])cc1F. The van der Waals surface area contributed by atoms with Gasteiger partial charge in [-0.05, 0) is 31.4 Å². The molecule has 1 aromatic carbocycles. The van der Waals surface area contributed by atoms with Gasteiger partial charge in [0.25, 0.3) is 5.69 Å². The summed E-state index contributed by atoms with van der Waals surface area (Å²) < 4.78 is 13.8.